The summed E-state index contributed by atoms with van der Waals surface area (Å²) in [5.41, 5.74) is 15.7. The lowest BCUT2D eigenvalue weighted by Crippen LogP contribution is -2.31. The second kappa shape index (κ2) is 7.74. The summed E-state index contributed by atoms with van der Waals surface area (Å²) in [7, 11) is 0. The Labute approximate surface area is 87.6 Å². The predicted octanol–water partition coefficient (Wildman–Crippen LogP) is -1.54. The van der Waals surface area contributed by atoms with E-state index in [2.05, 4.69) is 9.73 Å². The second-order valence-electron chi connectivity index (χ2n) is 2.94. The maximum atomic E-state index is 10.9. The minimum atomic E-state index is -0.769. The molecular formula is C8H16N4O3. The van der Waals surface area contributed by atoms with Crippen molar-refractivity contribution in [2.75, 3.05) is 6.54 Å². The van der Waals surface area contributed by atoms with Crippen molar-refractivity contribution in [1.82, 2.24) is 0 Å². The van der Waals surface area contributed by atoms with E-state index in [1.165, 1.54) is 0 Å². The van der Waals surface area contributed by atoms with Crippen molar-refractivity contribution in [3.8, 4) is 0 Å². The number of esters is 1. The first-order valence-corrected chi connectivity index (χ1v) is 4.53. The summed E-state index contributed by atoms with van der Waals surface area (Å²) in [5, 5.41) is 0. The van der Waals surface area contributed by atoms with Gasteiger partial charge >= 0.3 is 12.4 Å². The summed E-state index contributed by atoms with van der Waals surface area (Å²) < 4.78 is 4.09. The first-order valence-electron chi connectivity index (χ1n) is 4.53. The molecule has 15 heavy (non-hydrogen) atoms. The number of nitrogens with two attached hydrogens (primary N) is 3. The van der Waals surface area contributed by atoms with Gasteiger partial charge < -0.3 is 21.9 Å². The third-order valence-electron chi connectivity index (χ3n) is 1.68. The molecule has 0 amide bonds. The summed E-state index contributed by atoms with van der Waals surface area (Å²) in [6.45, 7) is 0.569. The van der Waals surface area contributed by atoms with Crippen molar-refractivity contribution in [1.29, 1.82) is 0 Å². The van der Waals surface area contributed by atoms with Crippen molar-refractivity contribution >= 4 is 18.4 Å². The Kier molecular flexibility index (Phi) is 6.90. The van der Waals surface area contributed by atoms with Gasteiger partial charge in [0.25, 0.3) is 0 Å². The molecule has 6 N–H and O–H groups in total. The van der Waals surface area contributed by atoms with Gasteiger partial charge in [-0.05, 0) is 19.3 Å². The fourth-order valence-corrected chi connectivity index (χ4v) is 0.937. The van der Waals surface area contributed by atoms with Gasteiger partial charge in [-0.2, -0.15) is 0 Å². The second-order valence-corrected chi connectivity index (χ2v) is 2.94. The van der Waals surface area contributed by atoms with E-state index in [0.717, 1.165) is 6.42 Å². The number of hydrogen-bond donors (Lipinski definition) is 3. The molecule has 0 aliphatic carbocycles. The van der Waals surface area contributed by atoms with Crippen molar-refractivity contribution in [2.45, 2.75) is 25.3 Å². The highest BCUT2D eigenvalue weighted by atomic mass is 16.6. The third kappa shape index (κ3) is 7.44. The average Bonchev–Trinajstić information content (AvgIpc) is 2.16. The smallest absolute Gasteiger partial charge is 0.330 e. The van der Waals surface area contributed by atoms with Gasteiger partial charge in [0.1, 0.15) is 6.04 Å². The van der Waals surface area contributed by atoms with Gasteiger partial charge in [-0.1, -0.05) is 0 Å². The van der Waals surface area contributed by atoms with E-state index >= 15 is 0 Å². The monoisotopic (exact) mass is 216 g/mol. The zero-order valence-electron chi connectivity index (χ0n) is 8.39. The lowest BCUT2D eigenvalue weighted by atomic mass is 10.1. The van der Waals surface area contributed by atoms with E-state index in [1.807, 2.05) is 0 Å². The lowest BCUT2D eigenvalue weighted by Gasteiger charge is -2.06. The van der Waals surface area contributed by atoms with Crippen molar-refractivity contribution in [3.05, 3.63) is 0 Å². The lowest BCUT2D eigenvalue weighted by molar-refractivity contribution is -0.152. The van der Waals surface area contributed by atoms with Crippen LogP contribution in [0, 0.1) is 0 Å². The quantitative estimate of drug-likeness (QED) is 0.118. The molecule has 0 saturated heterocycles. The molecule has 7 heteroatoms. The number of unbranched alkanes of at least 4 members (excludes halogenated alkanes) is 1. The molecular weight excluding hydrogens is 200 g/mol. The Morgan fingerprint density at radius 1 is 1.40 bits per heavy atom. The number of hydrogen-bond acceptors (Lipinski definition) is 5. The highest BCUT2D eigenvalue weighted by Crippen LogP contribution is 2.00. The first kappa shape index (κ1) is 13.4. The van der Waals surface area contributed by atoms with E-state index in [9.17, 15) is 9.59 Å². The van der Waals surface area contributed by atoms with Crippen LogP contribution in [0.15, 0.2) is 4.99 Å². The molecule has 0 fully saturated rings. The minimum Gasteiger partial charge on any atom is -0.394 e. The number of ether oxygens (including phenoxy) is 1. The van der Waals surface area contributed by atoms with Crippen molar-refractivity contribution in [3.63, 3.8) is 0 Å². The number of nitrogens with zero attached hydrogens (tertiary/aromatic N) is 1. The molecule has 0 bridgehead atoms. The first-order chi connectivity index (χ1) is 7.07. The Hall–Kier alpha value is -1.63. The Morgan fingerprint density at radius 2 is 2.07 bits per heavy atom. The van der Waals surface area contributed by atoms with Crippen LogP contribution in [-0.2, 0) is 14.3 Å². The van der Waals surface area contributed by atoms with Crippen LogP contribution in [0.4, 0.5) is 0 Å². The maximum Gasteiger partial charge on any atom is 0.330 e. The molecule has 0 saturated carbocycles. The number of carbonyl (C=O) groups is 2. The summed E-state index contributed by atoms with van der Waals surface area (Å²) in [6, 6.07) is -0.769. The third-order valence-corrected chi connectivity index (χ3v) is 1.68. The van der Waals surface area contributed by atoms with Gasteiger partial charge in [0.05, 0.1) is 0 Å². The molecule has 86 valence electrons. The molecule has 0 aliphatic heterocycles. The zero-order valence-corrected chi connectivity index (χ0v) is 8.39. The molecule has 0 rings (SSSR count). The largest absolute Gasteiger partial charge is 0.394 e. The number of aliphatic imine (C=N–C) groups is 1. The Morgan fingerprint density at radius 3 is 2.60 bits per heavy atom. The predicted molar refractivity (Wildman–Crippen MR) is 54.7 cm³/mol. The highest BCUT2D eigenvalue weighted by Gasteiger charge is 2.13. The van der Waals surface area contributed by atoms with Crippen LogP contribution in [0.1, 0.15) is 19.3 Å². The number of rotatable bonds is 7. The molecule has 0 radical (unpaired) electrons. The maximum absolute atomic E-state index is 10.9. The van der Waals surface area contributed by atoms with Crippen LogP contribution in [0.3, 0.4) is 0 Å². The molecule has 1 unspecified atom stereocenters. The Balaban J connectivity index is 3.54. The van der Waals surface area contributed by atoms with E-state index in [1.54, 1.807) is 0 Å². The Bertz CT molecular complexity index is 238. The molecule has 0 spiro atoms. The van der Waals surface area contributed by atoms with Gasteiger partial charge in [-0.3, -0.25) is 9.79 Å². The van der Waals surface area contributed by atoms with Crippen LogP contribution >= 0.6 is 0 Å². The summed E-state index contributed by atoms with van der Waals surface area (Å²) in [4.78, 5) is 24.5. The standard InChI is InChI=1S/C8H16N4O3/c9-6(7(14)15-5-13)3-1-2-4-12-8(10)11/h5-6H,1-4,9H2,(H4,10,11,12). The summed E-state index contributed by atoms with van der Waals surface area (Å²) >= 11 is 0. The highest BCUT2D eigenvalue weighted by molar-refractivity contribution is 5.81. The van der Waals surface area contributed by atoms with Crippen molar-refractivity contribution in [2.24, 2.45) is 22.2 Å². The molecule has 0 aromatic rings. The van der Waals surface area contributed by atoms with Gasteiger partial charge in [0.2, 0.25) is 0 Å². The minimum absolute atomic E-state index is 0.0414. The molecule has 0 heterocycles. The average molecular weight is 216 g/mol. The van der Waals surface area contributed by atoms with E-state index < -0.39 is 12.0 Å². The molecule has 0 aromatic carbocycles. The summed E-state index contributed by atoms with van der Waals surface area (Å²) in [5.74, 6) is -0.675. The number of carbonyl (C=O) groups excluding carboxylic acids is 2. The van der Waals surface area contributed by atoms with Crippen LogP contribution in [0.5, 0.6) is 0 Å². The van der Waals surface area contributed by atoms with Gasteiger partial charge in [0.15, 0.2) is 5.96 Å². The fourth-order valence-electron chi connectivity index (χ4n) is 0.937. The van der Waals surface area contributed by atoms with Crippen LogP contribution in [0.25, 0.3) is 0 Å². The molecule has 0 aliphatic rings. The van der Waals surface area contributed by atoms with E-state index in [-0.39, 0.29) is 12.4 Å². The van der Waals surface area contributed by atoms with Gasteiger partial charge in [-0.25, -0.2) is 4.79 Å². The topological polar surface area (TPSA) is 134 Å². The summed E-state index contributed by atoms with van der Waals surface area (Å²) in [6.07, 6.45) is 1.85. The molecule has 1 atom stereocenters. The molecule has 7 nitrogen and oxygen atoms in total. The van der Waals surface area contributed by atoms with Crippen LogP contribution in [0.2, 0.25) is 0 Å². The van der Waals surface area contributed by atoms with Crippen molar-refractivity contribution < 1.29 is 14.3 Å². The number of guanidine groups is 1. The SMILES string of the molecule is NC(N)=NCCCCC(N)C(=O)OC=O. The van der Waals surface area contributed by atoms with E-state index in [4.69, 9.17) is 17.2 Å². The van der Waals surface area contributed by atoms with Crippen LogP contribution in [-0.4, -0.2) is 31.0 Å². The van der Waals surface area contributed by atoms with Gasteiger partial charge in [0, 0.05) is 6.54 Å². The van der Waals surface area contributed by atoms with Gasteiger partial charge in [-0.15, -0.1) is 0 Å². The zero-order chi connectivity index (χ0) is 11.7. The van der Waals surface area contributed by atoms with E-state index in [0.29, 0.717) is 19.4 Å². The van der Waals surface area contributed by atoms with Crippen LogP contribution < -0.4 is 17.2 Å². The normalized spacial score (nSPS) is 11.5. The fraction of sp³-hybridized carbons (Fsp3) is 0.625. The molecule has 0 aromatic heterocycles.